The van der Waals surface area contributed by atoms with Crippen molar-refractivity contribution in [3.8, 4) is 0 Å². The Balaban J connectivity index is 1.51. The average Bonchev–Trinajstić information content (AvgIpc) is 3.62. The summed E-state index contributed by atoms with van der Waals surface area (Å²) in [7, 11) is 0. The van der Waals surface area contributed by atoms with Crippen LogP contribution in [0, 0.1) is 13.8 Å². The summed E-state index contributed by atoms with van der Waals surface area (Å²) in [6.45, 7) is 8.70. The van der Waals surface area contributed by atoms with E-state index in [1.807, 2.05) is 25.1 Å². The summed E-state index contributed by atoms with van der Waals surface area (Å²) in [4.78, 5) is 18.7. The van der Waals surface area contributed by atoms with Crippen molar-refractivity contribution >= 4 is 10.9 Å². The summed E-state index contributed by atoms with van der Waals surface area (Å²) in [5.41, 5.74) is 3.82. The molecule has 5 rings (SSSR count). The number of hydrogen-bond acceptors (Lipinski definition) is 7. The van der Waals surface area contributed by atoms with Crippen molar-refractivity contribution in [3.63, 3.8) is 0 Å². The molecule has 0 aliphatic carbocycles. The molecule has 0 saturated carbocycles. The quantitative estimate of drug-likeness (QED) is 0.354. The minimum absolute atomic E-state index is 0.0581. The van der Waals surface area contributed by atoms with Gasteiger partial charge in [-0.25, -0.2) is 4.68 Å². The molecule has 0 amide bonds. The lowest BCUT2D eigenvalue weighted by Crippen LogP contribution is -2.38. The predicted molar refractivity (Wildman–Crippen MR) is 137 cm³/mol. The van der Waals surface area contributed by atoms with E-state index in [1.54, 1.807) is 10.9 Å². The van der Waals surface area contributed by atoms with Crippen molar-refractivity contribution in [1.29, 1.82) is 0 Å². The third kappa shape index (κ3) is 5.27. The highest BCUT2D eigenvalue weighted by Crippen LogP contribution is 2.29. The molecule has 4 aromatic rings. The summed E-state index contributed by atoms with van der Waals surface area (Å²) in [5.74, 6) is 1.57. The molecule has 1 aliphatic heterocycles. The fourth-order valence-electron chi connectivity index (χ4n) is 5.28. The molecule has 3 aromatic heterocycles. The first-order valence-electron chi connectivity index (χ1n) is 12.8. The van der Waals surface area contributed by atoms with Gasteiger partial charge >= 0.3 is 0 Å². The van der Waals surface area contributed by atoms with Crippen LogP contribution in [-0.4, -0.2) is 49.3 Å². The fourth-order valence-corrected chi connectivity index (χ4v) is 5.28. The van der Waals surface area contributed by atoms with Crippen LogP contribution in [0.1, 0.15) is 66.9 Å². The Morgan fingerprint density at radius 1 is 1.28 bits per heavy atom. The first-order valence-corrected chi connectivity index (χ1v) is 12.8. The number of pyridine rings is 1. The van der Waals surface area contributed by atoms with Crippen molar-refractivity contribution in [2.75, 3.05) is 13.2 Å². The van der Waals surface area contributed by atoms with Gasteiger partial charge in [-0.1, -0.05) is 25.0 Å². The lowest BCUT2D eigenvalue weighted by atomic mass is 10.0. The van der Waals surface area contributed by atoms with Crippen LogP contribution in [-0.2, 0) is 17.8 Å². The minimum Gasteiger partial charge on any atom is -0.467 e. The highest BCUT2D eigenvalue weighted by Gasteiger charge is 2.30. The standard InChI is InChI=1S/C27H34N6O3/c1-4-7-24(26-29-30-31-33(26)17-23-9-6-11-36-23)32(16-22-8-5-10-35-22)15-21-14-20-13-18(2)12-19(3)25(20)28-27(21)34/h6,9,11-14,22,24H,4-5,7-8,10,15-17H2,1-3H3,(H,28,34)/t22-,24-/m1/s1. The van der Waals surface area contributed by atoms with Gasteiger partial charge in [-0.3, -0.25) is 9.69 Å². The Bertz CT molecular complexity index is 1350. The second-order valence-corrected chi connectivity index (χ2v) is 9.81. The maximum atomic E-state index is 13.2. The van der Waals surface area contributed by atoms with Crippen LogP contribution in [0.4, 0.5) is 0 Å². The molecule has 1 aliphatic rings. The van der Waals surface area contributed by atoms with Gasteiger partial charge in [0.25, 0.3) is 5.56 Å². The molecule has 9 heteroatoms. The van der Waals surface area contributed by atoms with Gasteiger partial charge in [0.05, 0.1) is 23.9 Å². The normalized spacial score (nSPS) is 16.8. The van der Waals surface area contributed by atoms with Crippen molar-refractivity contribution in [2.24, 2.45) is 0 Å². The number of H-pyrrole nitrogens is 1. The molecule has 1 N–H and O–H groups in total. The third-order valence-corrected chi connectivity index (χ3v) is 6.95. The zero-order chi connectivity index (χ0) is 25.1. The Labute approximate surface area is 210 Å². The molecule has 9 nitrogen and oxygen atoms in total. The van der Waals surface area contributed by atoms with E-state index in [9.17, 15) is 4.79 Å². The molecule has 2 atom stereocenters. The Morgan fingerprint density at radius 2 is 2.17 bits per heavy atom. The topological polar surface area (TPSA) is 102 Å². The molecule has 190 valence electrons. The second-order valence-electron chi connectivity index (χ2n) is 9.81. The molecular weight excluding hydrogens is 456 g/mol. The lowest BCUT2D eigenvalue weighted by Gasteiger charge is -2.32. The van der Waals surface area contributed by atoms with Crippen molar-refractivity contribution < 1.29 is 9.15 Å². The average molecular weight is 491 g/mol. The molecule has 36 heavy (non-hydrogen) atoms. The van der Waals surface area contributed by atoms with Crippen molar-refractivity contribution in [2.45, 2.75) is 71.7 Å². The van der Waals surface area contributed by atoms with Crippen LogP contribution in [0.15, 0.2) is 45.8 Å². The van der Waals surface area contributed by atoms with Gasteiger partial charge in [0.2, 0.25) is 0 Å². The van der Waals surface area contributed by atoms with Crippen LogP contribution in [0.25, 0.3) is 10.9 Å². The minimum atomic E-state index is -0.0708. The van der Waals surface area contributed by atoms with E-state index in [0.717, 1.165) is 65.9 Å². The lowest BCUT2D eigenvalue weighted by molar-refractivity contribution is 0.0476. The third-order valence-electron chi connectivity index (χ3n) is 6.95. The largest absolute Gasteiger partial charge is 0.467 e. The molecule has 0 unspecified atom stereocenters. The van der Waals surface area contributed by atoms with Gasteiger partial charge in [0.1, 0.15) is 12.3 Å². The van der Waals surface area contributed by atoms with Gasteiger partial charge in [-0.2, -0.15) is 0 Å². The Morgan fingerprint density at radius 3 is 2.92 bits per heavy atom. The van der Waals surface area contributed by atoms with Crippen LogP contribution in [0.3, 0.4) is 0 Å². The Hall–Kier alpha value is -3.30. The smallest absolute Gasteiger partial charge is 0.252 e. The van der Waals surface area contributed by atoms with Crippen molar-refractivity contribution in [3.05, 3.63) is 75.2 Å². The second kappa shape index (κ2) is 10.8. The molecular formula is C27H34N6O3. The van der Waals surface area contributed by atoms with E-state index in [4.69, 9.17) is 9.15 Å². The maximum Gasteiger partial charge on any atom is 0.252 e. The number of tetrazole rings is 1. The highest BCUT2D eigenvalue weighted by atomic mass is 16.5. The number of fused-ring (bicyclic) bond motifs is 1. The zero-order valence-electron chi connectivity index (χ0n) is 21.2. The summed E-state index contributed by atoms with van der Waals surface area (Å²) >= 11 is 0. The van der Waals surface area contributed by atoms with E-state index in [-0.39, 0.29) is 17.7 Å². The van der Waals surface area contributed by atoms with E-state index in [1.165, 1.54) is 5.56 Å². The highest BCUT2D eigenvalue weighted by molar-refractivity contribution is 5.82. The summed E-state index contributed by atoms with van der Waals surface area (Å²) in [5, 5.41) is 13.8. The first kappa shape index (κ1) is 24.4. The fraction of sp³-hybridized carbons (Fsp3) is 0.481. The molecule has 0 bridgehead atoms. The summed E-state index contributed by atoms with van der Waals surface area (Å²) < 4.78 is 13.4. The van der Waals surface area contributed by atoms with Crippen LogP contribution in [0.2, 0.25) is 0 Å². The molecule has 1 saturated heterocycles. The SMILES string of the molecule is CCC[C@H](c1nnnn1Cc1ccco1)N(Cc1cc2cc(C)cc(C)c2[nH]c1=O)C[C@H]1CCCO1. The molecule has 0 spiro atoms. The monoisotopic (exact) mass is 490 g/mol. The number of aryl methyl sites for hydroxylation is 2. The maximum absolute atomic E-state index is 13.2. The van der Waals surface area contributed by atoms with E-state index < -0.39 is 0 Å². The van der Waals surface area contributed by atoms with Gasteiger partial charge in [-0.05, 0) is 78.8 Å². The van der Waals surface area contributed by atoms with Crippen LogP contribution >= 0.6 is 0 Å². The molecule has 4 heterocycles. The Kier molecular flexibility index (Phi) is 7.29. The van der Waals surface area contributed by atoms with Crippen molar-refractivity contribution in [1.82, 2.24) is 30.1 Å². The number of benzene rings is 1. The molecule has 1 aromatic carbocycles. The van der Waals surface area contributed by atoms with E-state index in [0.29, 0.717) is 19.6 Å². The number of furan rings is 1. The van der Waals surface area contributed by atoms with Crippen LogP contribution in [0.5, 0.6) is 0 Å². The molecule has 0 radical (unpaired) electrons. The predicted octanol–water partition coefficient (Wildman–Crippen LogP) is 4.30. The van der Waals surface area contributed by atoms with Gasteiger partial charge < -0.3 is 14.1 Å². The number of nitrogens with zero attached hydrogens (tertiary/aromatic N) is 5. The van der Waals surface area contributed by atoms with E-state index >= 15 is 0 Å². The number of hydrogen-bond donors (Lipinski definition) is 1. The van der Waals surface area contributed by atoms with Gasteiger partial charge in [0, 0.05) is 25.3 Å². The van der Waals surface area contributed by atoms with Crippen LogP contribution < -0.4 is 5.56 Å². The number of aromatic nitrogens is 5. The number of ether oxygens (including phenoxy) is 1. The number of rotatable bonds is 10. The number of aromatic amines is 1. The number of nitrogens with one attached hydrogen (secondary N) is 1. The van der Waals surface area contributed by atoms with E-state index in [2.05, 4.69) is 51.4 Å². The summed E-state index contributed by atoms with van der Waals surface area (Å²) in [6, 6.07) is 9.96. The van der Waals surface area contributed by atoms with Gasteiger partial charge in [-0.15, -0.1) is 5.10 Å². The summed E-state index contributed by atoms with van der Waals surface area (Å²) in [6.07, 6.45) is 5.66. The molecule has 1 fully saturated rings. The first-order chi connectivity index (χ1) is 17.5. The van der Waals surface area contributed by atoms with Gasteiger partial charge in [0.15, 0.2) is 5.82 Å². The zero-order valence-corrected chi connectivity index (χ0v) is 21.2.